The molecule has 2 rings (SSSR count). The van der Waals surface area contributed by atoms with Gasteiger partial charge in [-0.1, -0.05) is 11.6 Å². The number of likely N-dealkylation sites (tertiary alicyclic amines) is 1. The fraction of sp³-hybridized carbons (Fsp3) is 0.500. The van der Waals surface area contributed by atoms with Crippen molar-refractivity contribution in [3.8, 4) is 0 Å². The number of piperidine rings is 1. The summed E-state index contributed by atoms with van der Waals surface area (Å²) in [5, 5.41) is 24.9. The summed E-state index contributed by atoms with van der Waals surface area (Å²) in [7, 11) is 0. The average Bonchev–Trinajstić information content (AvgIpc) is 2.63. The molecular formula is C16H21ClN4O5. The molecule has 1 saturated heterocycles. The molecule has 3 amide bonds. The third-order valence-corrected chi connectivity index (χ3v) is 4.50. The highest BCUT2D eigenvalue weighted by molar-refractivity contribution is 6.33. The molecule has 1 aliphatic heterocycles. The molecule has 0 atom stereocenters. The normalized spacial score (nSPS) is 14.8. The quantitative estimate of drug-likeness (QED) is 0.393. The molecule has 142 valence electrons. The molecule has 9 nitrogen and oxygen atoms in total. The van der Waals surface area contributed by atoms with Crippen LogP contribution in [0.3, 0.4) is 0 Å². The number of nitro groups is 1. The molecule has 3 N–H and O–H groups in total. The Hall–Kier alpha value is -2.39. The van der Waals surface area contributed by atoms with Gasteiger partial charge in [-0.15, -0.1) is 0 Å². The number of non-ortho nitro benzene ring substituents is 1. The molecule has 0 bridgehead atoms. The second-order valence-electron chi connectivity index (χ2n) is 5.98. The number of anilines is 1. The molecule has 1 aliphatic rings. The molecule has 0 spiro atoms. The van der Waals surface area contributed by atoms with E-state index in [-0.39, 0.29) is 35.2 Å². The topological polar surface area (TPSA) is 125 Å². The molecule has 0 saturated carbocycles. The number of carbonyl (C=O) groups is 2. The Labute approximate surface area is 155 Å². The highest BCUT2D eigenvalue weighted by Gasteiger charge is 2.27. The number of aliphatic hydroxyl groups excluding tert-OH is 1. The number of hydrogen-bond donors (Lipinski definition) is 3. The minimum absolute atomic E-state index is 0.0318. The summed E-state index contributed by atoms with van der Waals surface area (Å²) in [5.74, 6) is -0.211. The predicted molar refractivity (Wildman–Crippen MR) is 96.1 cm³/mol. The lowest BCUT2D eigenvalue weighted by atomic mass is 9.96. The van der Waals surface area contributed by atoms with Gasteiger partial charge in [0, 0.05) is 44.3 Å². The van der Waals surface area contributed by atoms with Crippen LogP contribution in [-0.2, 0) is 4.79 Å². The van der Waals surface area contributed by atoms with Crippen molar-refractivity contribution in [1.29, 1.82) is 0 Å². The first-order valence-electron chi connectivity index (χ1n) is 8.31. The minimum atomic E-state index is -0.562. The predicted octanol–water partition coefficient (Wildman–Crippen LogP) is 1.99. The van der Waals surface area contributed by atoms with Crippen LogP contribution in [0.2, 0.25) is 5.02 Å². The summed E-state index contributed by atoms with van der Waals surface area (Å²) in [5.41, 5.74) is 0.146. The van der Waals surface area contributed by atoms with E-state index in [1.807, 2.05) is 0 Å². The number of urea groups is 1. The fourth-order valence-corrected chi connectivity index (χ4v) is 2.91. The van der Waals surface area contributed by atoms with Crippen molar-refractivity contribution < 1.29 is 19.6 Å². The molecular weight excluding hydrogens is 364 g/mol. The average molecular weight is 385 g/mol. The van der Waals surface area contributed by atoms with Gasteiger partial charge in [-0.05, 0) is 25.3 Å². The number of rotatable bonds is 6. The van der Waals surface area contributed by atoms with E-state index in [0.29, 0.717) is 44.6 Å². The van der Waals surface area contributed by atoms with Crippen molar-refractivity contribution in [3.05, 3.63) is 33.3 Å². The van der Waals surface area contributed by atoms with Gasteiger partial charge >= 0.3 is 6.03 Å². The Morgan fingerprint density at radius 3 is 2.62 bits per heavy atom. The Kier molecular flexibility index (Phi) is 7.16. The number of aliphatic hydroxyl groups is 1. The van der Waals surface area contributed by atoms with E-state index in [2.05, 4.69) is 10.6 Å². The molecule has 1 aromatic rings. The number of hydrogen-bond acceptors (Lipinski definition) is 5. The number of amides is 3. The molecule has 0 unspecified atom stereocenters. The largest absolute Gasteiger partial charge is 0.396 e. The van der Waals surface area contributed by atoms with Gasteiger partial charge in [0.1, 0.15) is 0 Å². The van der Waals surface area contributed by atoms with Crippen LogP contribution in [0, 0.1) is 16.0 Å². The van der Waals surface area contributed by atoms with Crippen molar-refractivity contribution in [1.82, 2.24) is 10.2 Å². The number of nitro benzene ring substituents is 1. The summed E-state index contributed by atoms with van der Waals surface area (Å²) in [4.78, 5) is 36.0. The summed E-state index contributed by atoms with van der Waals surface area (Å²) >= 11 is 5.97. The number of nitrogens with one attached hydrogen (secondary N) is 2. The smallest absolute Gasteiger partial charge is 0.321 e. The molecule has 1 heterocycles. The molecule has 26 heavy (non-hydrogen) atoms. The monoisotopic (exact) mass is 384 g/mol. The SMILES string of the molecule is O=C(NCCCO)C1CCN(C(=O)Nc2ccc([N+](=O)[O-])cc2Cl)CC1. The first-order chi connectivity index (χ1) is 12.4. The van der Waals surface area contributed by atoms with Crippen LogP contribution in [-0.4, -0.2) is 53.1 Å². The molecule has 0 aromatic heterocycles. The van der Waals surface area contributed by atoms with E-state index in [1.54, 1.807) is 4.90 Å². The summed E-state index contributed by atoms with van der Waals surface area (Å²) < 4.78 is 0. The first kappa shape index (κ1) is 19.9. The van der Waals surface area contributed by atoms with Gasteiger partial charge in [-0.3, -0.25) is 14.9 Å². The van der Waals surface area contributed by atoms with Crippen molar-refractivity contribution in [2.75, 3.05) is 31.6 Å². The van der Waals surface area contributed by atoms with Gasteiger partial charge in [0.25, 0.3) is 5.69 Å². The summed E-state index contributed by atoms with van der Waals surface area (Å²) in [6.07, 6.45) is 1.61. The van der Waals surface area contributed by atoms with Crippen LogP contribution in [0.4, 0.5) is 16.2 Å². The van der Waals surface area contributed by atoms with E-state index >= 15 is 0 Å². The third kappa shape index (κ3) is 5.30. The maximum atomic E-state index is 12.3. The minimum Gasteiger partial charge on any atom is -0.396 e. The molecule has 0 radical (unpaired) electrons. The van der Waals surface area contributed by atoms with Crippen molar-refractivity contribution in [2.45, 2.75) is 19.3 Å². The van der Waals surface area contributed by atoms with E-state index in [9.17, 15) is 19.7 Å². The van der Waals surface area contributed by atoms with Crippen LogP contribution in [0.5, 0.6) is 0 Å². The van der Waals surface area contributed by atoms with Gasteiger partial charge < -0.3 is 20.6 Å². The van der Waals surface area contributed by atoms with Gasteiger partial charge in [0.05, 0.1) is 15.6 Å². The van der Waals surface area contributed by atoms with Gasteiger partial charge in [0.15, 0.2) is 0 Å². The van der Waals surface area contributed by atoms with Crippen LogP contribution in [0.15, 0.2) is 18.2 Å². The standard InChI is InChI=1S/C16H21ClN4O5/c17-13-10-12(21(25)26)2-3-14(13)19-16(24)20-7-4-11(5-8-20)15(23)18-6-1-9-22/h2-3,10-11,22H,1,4-9H2,(H,18,23)(H,19,24). The Bertz CT molecular complexity index is 677. The lowest BCUT2D eigenvalue weighted by Crippen LogP contribution is -2.44. The van der Waals surface area contributed by atoms with E-state index in [4.69, 9.17) is 16.7 Å². The second-order valence-corrected chi connectivity index (χ2v) is 6.39. The van der Waals surface area contributed by atoms with Gasteiger partial charge in [-0.25, -0.2) is 4.79 Å². The van der Waals surface area contributed by atoms with E-state index < -0.39 is 4.92 Å². The Morgan fingerprint density at radius 2 is 2.04 bits per heavy atom. The number of benzene rings is 1. The highest BCUT2D eigenvalue weighted by atomic mass is 35.5. The zero-order chi connectivity index (χ0) is 19.1. The lowest BCUT2D eigenvalue weighted by molar-refractivity contribution is -0.384. The summed E-state index contributed by atoms with van der Waals surface area (Å²) in [6, 6.07) is 3.48. The first-order valence-corrected chi connectivity index (χ1v) is 8.68. The lowest BCUT2D eigenvalue weighted by Gasteiger charge is -2.31. The Morgan fingerprint density at radius 1 is 1.35 bits per heavy atom. The number of carbonyl (C=O) groups excluding carboxylic acids is 2. The van der Waals surface area contributed by atoms with Crippen LogP contribution in [0.1, 0.15) is 19.3 Å². The van der Waals surface area contributed by atoms with E-state index in [0.717, 1.165) is 0 Å². The third-order valence-electron chi connectivity index (χ3n) is 4.19. The number of halogens is 1. The molecule has 1 fully saturated rings. The maximum Gasteiger partial charge on any atom is 0.321 e. The van der Waals surface area contributed by atoms with Crippen molar-refractivity contribution >= 4 is 34.9 Å². The molecule has 10 heteroatoms. The van der Waals surface area contributed by atoms with Crippen LogP contribution in [0.25, 0.3) is 0 Å². The van der Waals surface area contributed by atoms with Crippen LogP contribution < -0.4 is 10.6 Å². The Balaban J connectivity index is 1.85. The van der Waals surface area contributed by atoms with Crippen molar-refractivity contribution in [2.24, 2.45) is 5.92 Å². The second kappa shape index (κ2) is 9.35. The molecule has 0 aliphatic carbocycles. The molecule has 1 aromatic carbocycles. The fourth-order valence-electron chi connectivity index (χ4n) is 2.69. The zero-order valence-corrected chi connectivity index (χ0v) is 14.9. The van der Waals surface area contributed by atoms with E-state index in [1.165, 1.54) is 18.2 Å². The zero-order valence-electron chi connectivity index (χ0n) is 14.1. The maximum absolute atomic E-state index is 12.3. The van der Waals surface area contributed by atoms with Gasteiger partial charge in [0.2, 0.25) is 5.91 Å². The highest BCUT2D eigenvalue weighted by Crippen LogP contribution is 2.27. The number of nitrogens with zero attached hydrogens (tertiary/aromatic N) is 2. The van der Waals surface area contributed by atoms with Crippen LogP contribution >= 0.6 is 11.6 Å². The summed E-state index contributed by atoms with van der Waals surface area (Å²) in [6.45, 7) is 1.32. The van der Waals surface area contributed by atoms with Gasteiger partial charge in [-0.2, -0.15) is 0 Å². The van der Waals surface area contributed by atoms with Crippen molar-refractivity contribution in [3.63, 3.8) is 0 Å².